The molecule has 0 aliphatic rings. The Kier molecular flexibility index (Phi) is 5.62. The smallest absolute Gasteiger partial charge is 0.231 e. The SMILES string of the molecule is CC(C)CN(CC(N)=O)Cc1ccc(N)cc1Br. The van der Waals surface area contributed by atoms with Crippen LogP contribution in [0.15, 0.2) is 22.7 Å². The van der Waals surface area contributed by atoms with Gasteiger partial charge in [-0.15, -0.1) is 0 Å². The van der Waals surface area contributed by atoms with Crippen molar-refractivity contribution in [2.75, 3.05) is 18.8 Å². The summed E-state index contributed by atoms with van der Waals surface area (Å²) in [5, 5.41) is 0. The van der Waals surface area contributed by atoms with Gasteiger partial charge in [0.2, 0.25) is 5.91 Å². The first-order valence-electron chi connectivity index (χ1n) is 5.93. The maximum absolute atomic E-state index is 11.1. The molecule has 0 aliphatic heterocycles. The molecule has 5 heteroatoms. The first-order chi connectivity index (χ1) is 8.38. The van der Waals surface area contributed by atoms with Crippen LogP contribution in [-0.4, -0.2) is 23.9 Å². The largest absolute Gasteiger partial charge is 0.399 e. The van der Waals surface area contributed by atoms with Gasteiger partial charge in [0, 0.05) is 23.2 Å². The lowest BCUT2D eigenvalue weighted by molar-refractivity contribution is -0.119. The zero-order chi connectivity index (χ0) is 13.7. The quantitative estimate of drug-likeness (QED) is 0.789. The molecule has 1 aromatic rings. The van der Waals surface area contributed by atoms with Crippen LogP contribution in [0.2, 0.25) is 0 Å². The van der Waals surface area contributed by atoms with Crippen molar-refractivity contribution in [1.82, 2.24) is 4.90 Å². The molecule has 4 nitrogen and oxygen atoms in total. The second-order valence-electron chi connectivity index (χ2n) is 4.88. The highest BCUT2D eigenvalue weighted by atomic mass is 79.9. The Bertz CT molecular complexity index is 421. The third kappa shape index (κ3) is 5.06. The number of rotatable bonds is 6. The van der Waals surface area contributed by atoms with E-state index in [1.54, 1.807) is 0 Å². The molecule has 100 valence electrons. The number of primary amides is 1. The number of hydrogen-bond acceptors (Lipinski definition) is 3. The molecule has 1 rings (SSSR count). The molecule has 18 heavy (non-hydrogen) atoms. The molecule has 4 N–H and O–H groups in total. The van der Waals surface area contributed by atoms with Crippen molar-refractivity contribution < 1.29 is 4.79 Å². The minimum absolute atomic E-state index is 0.273. The van der Waals surface area contributed by atoms with E-state index in [0.29, 0.717) is 12.5 Å². The highest BCUT2D eigenvalue weighted by Crippen LogP contribution is 2.21. The summed E-state index contributed by atoms with van der Waals surface area (Å²) in [5.74, 6) is 0.180. The Labute approximate surface area is 116 Å². The molecular weight excluding hydrogens is 294 g/mol. The molecule has 0 saturated heterocycles. The van der Waals surface area contributed by atoms with Crippen molar-refractivity contribution in [3.8, 4) is 0 Å². The van der Waals surface area contributed by atoms with Crippen LogP contribution in [-0.2, 0) is 11.3 Å². The van der Waals surface area contributed by atoms with Crippen LogP contribution in [0.5, 0.6) is 0 Å². The van der Waals surface area contributed by atoms with Gasteiger partial charge in [-0.2, -0.15) is 0 Å². The molecule has 1 amide bonds. The normalized spacial score (nSPS) is 11.2. The summed E-state index contributed by atoms with van der Waals surface area (Å²) in [7, 11) is 0. The van der Waals surface area contributed by atoms with Crippen molar-refractivity contribution in [3.63, 3.8) is 0 Å². The zero-order valence-electron chi connectivity index (χ0n) is 10.8. The molecule has 0 spiro atoms. The minimum atomic E-state index is -0.304. The maximum atomic E-state index is 11.1. The number of nitrogens with two attached hydrogens (primary N) is 2. The highest BCUT2D eigenvalue weighted by molar-refractivity contribution is 9.10. The van der Waals surface area contributed by atoms with Gasteiger partial charge in [-0.05, 0) is 23.6 Å². The van der Waals surface area contributed by atoms with Gasteiger partial charge in [0.25, 0.3) is 0 Å². The average Bonchev–Trinajstić information content (AvgIpc) is 2.20. The Balaban J connectivity index is 2.78. The summed E-state index contributed by atoms with van der Waals surface area (Å²) in [6.45, 7) is 6.02. The second kappa shape index (κ2) is 6.75. The number of amides is 1. The zero-order valence-corrected chi connectivity index (χ0v) is 12.4. The lowest BCUT2D eigenvalue weighted by atomic mass is 10.1. The third-order valence-corrected chi connectivity index (χ3v) is 3.21. The van der Waals surface area contributed by atoms with E-state index in [9.17, 15) is 4.79 Å². The first kappa shape index (κ1) is 15.0. The predicted octanol–water partition coefficient (Wildman–Crippen LogP) is 1.97. The predicted molar refractivity (Wildman–Crippen MR) is 77.9 cm³/mol. The second-order valence-corrected chi connectivity index (χ2v) is 5.73. The fourth-order valence-corrected chi connectivity index (χ4v) is 2.38. The van der Waals surface area contributed by atoms with Gasteiger partial charge in [-0.1, -0.05) is 35.8 Å². The summed E-state index contributed by atoms with van der Waals surface area (Å²) < 4.78 is 0.959. The van der Waals surface area contributed by atoms with Crippen LogP contribution in [0.1, 0.15) is 19.4 Å². The van der Waals surface area contributed by atoms with Crippen LogP contribution in [0.3, 0.4) is 0 Å². The fourth-order valence-electron chi connectivity index (χ4n) is 1.85. The topological polar surface area (TPSA) is 72.3 Å². The molecule has 0 aromatic heterocycles. The summed E-state index contributed by atoms with van der Waals surface area (Å²) in [6, 6.07) is 5.69. The maximum Gasteiger partial charge on any atom is 0.231 e. The molecular formula is C13H20BrN3O. The molecule has 0 radical (unpaired) electrons. The summed E-state index contributed by atoms with van der Waals surface area (Å²) in [5.41, 5.74) is 12.8. The lowest BCUT2D eigenvalue weighted by Crippen LogP contribution is -2.35. The number of benzene rings is 1. The number of carbonyl (C=O) groups is 1. The van der Waals surface area contributed by atoms with Crippen molar-refractivity contribution in [1.29, 1.82) is 0 Å². The summed E-state index contributed by atoms with van der Waals surface area (Å²) in [4.78, 5) is 13.1. The Morgan fingerprint density at radius 2 is 2.11 bits per heavy atom. The van der Waals surface area contributed by atoms with Crippen molar-refractivity contribution >= 4 is 27.5 Å². The van der Waals surface area contributed by atoms with Crippen molar-refractivity contribution in [2.24, 2.45) is 11.7 Å². The first-order valence-corrected chi connectivity index (χ1v) is 6.72. The van der Waals surface area contributed by atoms with Gasteiger partial charge in [0.15, 0.2) is 0 Å². The number of nitrogen functional groups attached to an aromatic ring is 1. The van der Waals surface area contributed by atoms with Gasteiger partial charge in [-0.3, -0.25) is 9.69 Å². The Morgan fingerprint density at radius 3 is 2.61 bits per heavy atom. The molecule has 0 bridgehead atoms. The van der Waals surface area contributed by atoms with Crippen molar-refractivity contribution in [2.45, 2.75) is 20.4 Å². The van der Waals surface area contributed by atoms with Gasteiger partial charge in [-0.25, -0.2) is 0 Å². The van der Waals surface area contributed by atoms with E-state index in [4.69, 9.17) is 11.5 Å². The standard InChI is InChI=1S/C13H20BrN3O/c1-9(2)6-17(8-13(16)18)7-10-3-4-11(15)5-12(10)14/h3-5,9H,6-8,15H2,1-2H3,(H2,16,18). The number of carbonyl (C=O) groups excluding carboxylic acids is 1. The van der Waals surface area contributed by atoms with E-state index in [2.05, 4.69) is 29.8 Å². The van der Waals surface area contributed by atoms with Crippen LogP contribution in [0.4, 0.5) is 5.69 Å². The Hall–Kier alpha value is -1.07. The van der Waals surface area contributed by atoms with Crippen LogP contribution < -0.4 is 11.5 Å². The Morgan fingerprint density at radius 1 is 1.44 bits per heavy atom. The number of nitrogens with zero attached hydrogens (tertiary/aromatic N) is 1. The third-order valence-electron chi connectivity index (χ3n) is 2.47. The highest BCUT2D eigenvalue weighted by Gasteiger charge is 2.12. The molecule has 0 aliphatic carbocycles. The van der Waals surface area contributed by atoms with Gasteiger partial charge >= 0.3 is 0 Å². The van der Waals surface area contributed by atoms with Crippen molar-refractivity contribution in [3.05, 3.63) is 28.2 Å². The number of halogens is 1. The van der Waals surface area contributed by atoms with E-state index >= 15 is 0 Å². The van der Waals surface area contributed by atoms with Crippen LogP contribution in [0, 0.1) is 5.92 Å². The van der Waals surface area contributed by atoms with Crippen LogP contribution >= 0.6 is 15.9 Å². The van der Waals surface area contributed by atoms with E-state index < -0.39 is 0 Å². The molecule has 0 unspecified atom stereocenters. The fraction of sp³-hybridized carbons (Fsp3) is 0.462. The number of anilines is 1. The molecule has 0 atom stereocenters. The average molecular weight is 314 g/mol. The van der Waals surface area contributed by atoms with E-state index in [-0.39, 0.29) is 12.5 Å². The van der Waals surface area contributed by atoms with E-state index in [0.717, 1.165) is 22.3 Å². The number of hydrogen-bond donors (Lipinski definition) is 2. The van der Waals surface area contributed by atoms with E-state index in [1.807, 2.05) is 23.1 Å². The minimum Gasteiger partial charge on any atom is -0.399 e. The van der Waals surface area contributed by atoms with Gasteiger partial charge in [0.1, 0.15) is 0 Å². The van der Waals surface area contributed by atoms with Crippen LogP contribution in [0.25, 0.3) is 0 Å². The molecule has 0 heterocycles. The lowest BCUT2D eigenvalue weighted by Gasteiger charge is -2.23. The molecule has 0 fully saturated rings. The van der Waals surface area contributed by atoms with Gasteiger partial charge in [0.05, 0.1) is 6.54 Å². The van der Waals surface area contributed by atoms with Gasteiger partial charge < -0.3 is 11.5 Å². The monoisotopic (exact) mass is 313 g/mol. The molecule has 0 saturated carbocycles. The summed E-state index contributed by atoms with van der Waals surface area (Å²) in [6.07, 6.45) is 0. The van der Waals surface area contributed by atoms with E-state index in [1.165, 1.54) is 0 Å². The molecule has 1 aromatic carbocycles. The summed E-state index contributed by atoms with van der Waals surface area (Å²) >= 11 is 3.49.